The number of fused-ring (bicyclic) bond motifs is 1. The van der Waals surface area contributed by atoms with Crippen LogP contribution in [0.25, 0.3) is 0 Å². The van der Waals surface area contributed by atoms with Crippen molar-refractivity contribution >= 4 is 29.3 Å². The maximum absolute atomic E-state index is 13.1. The highest BCUT2D eigenvalue weighted by molar-refractivity contribution is 6.03. The van der Waals surface area contributed by atoms with Crippen molar-refractivity contribution in [2.45, 2.75) is 39.4 Å². The zero-order valence-corrected chi connectivity index (χ0v) is 19.5. The van der Waals surface area contributed by atoms with Gasteiger partial charge < -0.3 is 24.6 Å². The summed E-state index contributed by atoms with van der Waals surface area (Å²) in [6, 6.07) is 2.82. The summed E-state index contributed by atoms with van der Waals surface area (Å²) in [5.74, 6) is -1.73. The van der Waals surface area contributed by atoms with Crippen LogP contribution in [0.4, 0.5) is 22.1 Å². The number of anilines is 3. The molecular weight excluding hydrogens is 444 g/mol. The number of rotatable bonds is 9. The van der Waals surface area contributed by atoms with Crippen molar-refractivity contribution in [3.05, 3.63) is 30.4 Å². The molecule has 34 heavy (non-hydrogen) atoms. The van der Waals surface area contributed by atoms with Crippen molar-refractivity contribution in [2.24, 2.45) is 0 Å². The number of carbonyl (C=O) groups excluding carboxylic acids is 1. The van der Waals surface area contributed by atoms with Crippen LogP contribution in [0.3, 0.4) is 0 Å². The second kappa shape index (κ2) is 11.1. The molecule has 2 amide bonds. The molecule has 2 aromatic heterocycles. The van der Waals surface area contributed by atoms with E-state index in [-0.39, 0.29) is 11.6 Å². The Morgan fingerprint density at radius 2 is 1.97 bits per heavy atom. The van der Waals surface area contributed by atoms with E-state index in [1.807, 2.05) is 11.8 Å². The Balaban J connectivity index is 1.65. The molecule has 184 valence electrons. The largest absolute Gasteiger partial charge is 0.492 e. The van der Waals surface area contributed by atoms with Crippen LogP contribution in [0.1, 0.15) is 44.2 Å². The first-order chi connectivity index (χ1) is 16.2. The molecule has 0 radical (unpaired) electrons. The molecule has 0 saturated heterocycles. The average Bonchev–Trinajstić information content (AvgIpc) is 2.98. The van der Waals surface area contributed by atoms with Gasteiger partial charge in [-0.25, -0.2) is 24.5 Å². The van der Waals surface area contributed by atoms with Gasteiger partial charge in [0.2, 0.25) is 5.82 Å². The number of amides is 2. The van der Waals surface area contributed by atoms with E-state index in [9.17, 15) is 19.8 Å². The van der Waals surface area contributed by atoms with Gasteiger partial charge in [-0.3, -0.25) is 10.2 Å². The maximum Gasteiger partial charge on any atom is 0.374 e. The molecule has 3 N–H and O–H groups in total. The summed E-state index contributed by atoms with van der Waals surface area (Å²) in [6.45, 7) is 7.55. The Bertz CT molecular complexity index is 994. The fraction of sp³-hybridized carbons (Fsp3) is 0.500. The minimum absolute atomic E-state index is 0.248. The molecular formula is C22H30N6O6. The predicted octanol–water partition coefficient (Wildman–Crippen LogP) is 2.35. The number of carboxylic acid groups (broad SMARTS) is 1. The predicted molar refractivity (Wildman–Crippen MR) is 124 cm³/mol. The molecule has 12 heteroatoms. The molecule has 0 spiro atoms. The van der Waals surface area contributed by atoms with Crippen molar-refractivity contribution in [3.63, 3.8) is 0 Å². The quantitative estimate of drug-likeness (QED) is 0.365. The lowest BCUT2D eigenvalue weighted by Gasteiger charge is -2.24. The second-order valence-corrected chi connectivity index (χ2v) is 8.10. The van der Waals surface area contributed by atoms with E-state index in [0.29, 0.717) is 62.9 Å². The van der Waals surface area contributed by atoms with Crippen LogP contribution in [-0.4, -0.2) is 75.8 Å². The Morgan fingerprint density at radius 3 is 2.62 bits per heavy atom. The number of aliphatic hydroxyl groups is 1. The summed E-state index contributed by atoms with van der Waals surface area (Å²) in [6.07, 6.45) is 4.20. The lowest BCUT2D eigenvalue weighted by molar-refractivity contribution is -0.176. The summed E-state index contributed by atoms with van der Waals surface area (Å²) >= 11 is 0. The van der Waals surface area contributed by atoms with Crippen LogP contribution < -0.4 is 19.9 Å². The molecule has 1 aliphatic heterocycles. The van der Waals surface area contributed by atoms with E-state index in [1.54, 1.807) is 26.0 Å². The Hall–Kier alpha value is -3.51. The minimum Gasteiger partial charge on any atom is -0.492 e. The third kappa shape index (κ3) is 6.75. The lowest BCUT2D eigenvalue weighted by atomic mass is 10.3. The van der Waals surface area contributed by atoms with Crippen molar-refractivity contribution in [1.82, 2.24) is 15.0 Å². The summed E-state index contributed by atoms with van der Waals surface area (Å²) in [5.41, 5.74) is 0.602. The highest BCUT2D eigenvalue weighted by Crippen LogP contribution is 2.30. The van der Waals surface area contributed by atoms with Gasteiger partial charge in [0.1, 0.15) is 11.6 Å². The molecule has 0 fully saturated rings. The first-order valence-corrected chi connectivity index (χ1v) is 11.1. The highest BCUT2D eigenvalue weighted by atomic mass is 16.6. The molecule has 0 bridgehead atoms. The number of carboxylic acids is 1. The normalized spacial score (nSPS) is 13.8. The Kier molecular flexibility index (Phi) is 8.18. The van der Waals surface area contributed by atoms with Gasteiger partial charge >= 0.3 is 12.0 Å². The number of aromatic nitrogens is 3. The van der Waals surface area contributed by atoms with Gasteiger partial charge in [0.15, 0.2) is 11.6 Å². The summed E-state index contributed by atoms with van der Waals surface area (Å²) < 4.78 is 10.8. The Morgan fingerprint density at radius 1 is 1.18 bits per heavy atom. The van der Waals surface area contributed by atoms with Crippen LogP contribution in [0, 0.1) is 0 Å². The lowest BCUT2D eigenvalue weighted by Crippen LogP contribution is -2.36. The van der Waals surface area contributed by atoms with Crippen molar-refractivity contribution in [1.29, 1.82) is 0 Å². The molecule has 1 aliphatic rings. The molecule has 12 nitrogen and oxygen atoms in total. The number of hydrogen-bond acceptors (Lipinski definition) is 9. The first kappa shape index (κ1) is 25.1. The number of nitrogens with zero attached hydrogens (tertiary/aromatic N) is 5. The van der Waals surface area contributed by atoms with E-state index in [0.717, 1.165) is 0 Å². The third-order valence-corrected chi connectivity index (χ3v) is 4.96. The van der Waals surface area contributed by atoms with Gasteiger partial charge in [-0.1, -0.05) is 0 Å². The average molecular weight is 475 g/mol. The SMILES string of the molecule is CCN1CCCN(C(=O)Nc2ccc(OCCCOC(C)(C)O)cn2)c2nc(C(=O)O)ncc21. The topological polar surface area (TPSA) is 150 Å². The first-order valence-electron chi connectivity index (χ1n) is 11.1. The fourth-order valence-electron chi connectivity index (χ4n) is 3.35. The number of carbonyl (C=O) groups is 2. The smallest absolute Gasteiger partial charge is 0.374 e. The molecule has 0 saturated carbocycles. The third-order valence-electron chi connectivity index (χ3n) is 4.96. The van der Waals surface area contributed by atoms with Crippen molar-refractivity contribution < 1.29 is 29.3 Å². The van der Waals surface area contributed by atoms with Crippen molar-refractivity contribution in [3.8, 4) is 5.75 Å². The van der Waals surface area contributed by atoms with E-state index < -0.39 is 17.8 Å². The molecule has 0 unspecified atom stereocenters. The van der Waals surface area contributed by atoms with Gasteiger partial charge in [-0.05, 0) is 39.3 Å². The number of urea groups is 1. The zero-order chi connectivity index (χ0) is 24.7. The summed E-state index contributed by atoms with van der Waals surface area (Å²) in [4.78, 5) is 40.1. The number of pyridine rings is 1. The molecule has 0 aliphatic carbocycles. The van der Waals surface area contributed by atoms with Crippen LogP contribution in [0.15, 0.2) is 24.5 Å². The summed E-state index contributed by atoms with van der Waals surface area (Å²) in [7, 11) is 0. The van der Waals surface area contributed by atoms with Crippen LogP contribution in [0.2, 0.25) is 0 Å². The van der Waals surface area contributed by atoms with E-state index in [4.69, 9.17) is 9.47 Å². The zero-order valence-electron chi connectivity index (χ0n) is 19.5. The van der Waals surface area contributed by atoms with Crippen molar-refractivity contribution in [2.75, 3.05) is 48.0 Å². The molecule has 3 heterocycles. The van der Waals surface area contributed by atoms with E-state index >= 15 is 0 Å². The minimum atomic E-state index is -1.26. The van der Waals surface area contributed by atoms with Gasteiger partial charge in [-0.15, -0.1) is 0 Å². The summed E-state index contributed by atoms with van der Waals surface area (Å²) in [5, 5.41) is 21.5. The monoisotopic (exact) mass is 474 g/mol. The van der Waals surface area contributed by atoms with Crippen LogP contribution >= 0.6 is 0 Å². The molecule has 3 rings (SSSR count). The number of hydrogen-bond donors (Lipinski definition) is 3. The number of nitrogens with one attached hydrogen (secondary N) is 1. The molecule has 2 aromatic rings. The van der Waals surface area contributed by atoms with Crippen LogP contribution in [0.5, 0.6) is 5.75 Å². The molecule has 0 aromatic carbocycles. The van der Waals surface area contributed by atoms with Gasteiger partial charge in [0.05, 0.1) is 31.3 Å². The standard InChI is InChI=1S/C22H30N6O6/c1-4-27-9-5-10-28(19-16(27)14-24-18(26-19)20(29)30)21(31)25-17-8-7-15(13-23-17)33-11-6-12-34-22(2,3)32/h7-8,13-14,32H,4-6,9-12H2,1-3H3,(H,29,30)(H,23,25,31). The van der Waals surface area contributed by atoms with Gasteiger partial charge in [0.25, 0.3) is 0 Å². The van der Waals surface area contributed by atoms with Gasteiger partial charge in [-0.2, -0.15) is 0 Å². The van der Waals surface area contributed by atoms with Gasteiger partial charge in [0, 0.05) is 26.1 Å². The Labute approximate surface area is 197 Å². The molecule has 0 atom stereocenters. The van der Waals surface area contributed by atoms with E-state index in [2.05, 4.69) is 20.3 Å². The highest BCUT2D eigenvalue weighted by Gasteiger charge is 2.28. The van der Waals surface area contributed by atoms with E-state index in [1.165, 1.54) is 17.3 Å². The number of aromatic carboxylic acids is 1. The van der Waals surface area contributed by atoms with Crippen LogP contribution in [-0.2, 0) is 4.74 Å². The fourth-order valence-corrected chi connectivity index (χ4v) is 3.35. The maximum atomic E-state index is 13.1. The second-order valence-electron chi connectivity index (χ2n) is 8.10. The number of ether oxygens (including phenoxy) is 2.